The van der Waals surface area contributed by atoms with E-state index in [1.54, 1.807) is 0 Å². The quantitative estimate of drug-likeness (QED) is 0.167. The predicted molar refractivity (Wildman–Crippen MR) is 264 cm³/mol. The minimum absolute atomic E-state index is 0.196. The predicted octanol–water partition coefficient (Wildman–Crippen LogP) is 14.5. The Labute approximate surface area is 417 Å². The molecular weight excluding hydrogens is 781 g/mol. The zero-order chi connectivity index (χ0) is 72.8. The van der Waals surface area contributed by atoms with Gasteiger partial charge >= 0.3 is 0 Å². The molecule has 0 bridgehead atoms. The molecule has 0 saturated carbocycles. The van der Waals surface area contributed by atoms with Crippen LogP contribution in [0.2, 0.25) is 0 Å². The molecule has 64 heavy (non-hydrogen) atoms. The average Bonchev–Trinajstić information content (AvgIpc) is 1.54. The van der Waals surface area contributed by atoms with Crippen LogP contribution < -0.4 is 0 Å². The van der Waals surface area contributed by atoms with Gasteiger partial charge < -0.3 is 13.7 Å². The highest BCUT2D eigenvalue weighted by molar-refractivity contribution is 6.13. The lowest BCUT2D eigenvalue weighted by atomic mass is 10.1. The number of nitrogens with zero attached hydrogens (tertiary/aromatic N) is 6. The Kier molecular flexibility index (Phi) is 3.47. The van der Waals surface area contributed by atoms with Crippen molar-refractivity contribution in [1.82, 2.24) is 28.7 Å². The summed E-state index contributed by atoms with van der Waals surface area (Å²) in [6.07, 6.45) is 0. The Morgan fingerprint density at radius 2 is 0.688 bits per heavy atom. The molecule has 13 aromatic rings. The van der Waals surface area contributed by atoms with E-state index in [0.29, 0.717) is 9.13 Å². The van der Waals surface area contributed by atoms with Crippen LogP contribution in [0.25, 0.3) is 117 Å². The van der Waals surface area contributed by atoms with Crippen molar-refractivity contribution in [2.75, 3.05) is 0 Å². The highest BCUT2D eigenvalue weighted by Crippen LogP contribution is 2.39. The second kappa shape index (κ2) is 14.2. The van der Waals surface area contributed by atoms with Gasteiger partial charge in [0, 0.05) is 66.1 Å². The van der Waals surface area contributed by atoms with Crippen LogP contribution in [-0.2, 0) is 0 Å². The molecule has 0 aliphatic rings. The van der Waals surface area contributed by atoms with Crippen LogP contribution in [0.4, 0.5) is 0 Å². The molecule has 0 aliphatic heterocycles. The van der Waals surface area contributed by atoms with Crippen molar-refractivity contribution in [3.05, 3.63) is 217 Å². The van der Waals surface area contributed by atoms with Crippen molar-refractivity contribution in [2.24, 2.45) is 0 Å². The number of para-hydroxylation sites is 5. The SMILES string of the molecule is [2H]c1c([2H])c([2H])c(-n2c3c([2H])c([2H])c([2H])c([2H])c3c3c([2H])c(-c4nc(-c5c([2H])c([2H])c(C)c([2H])c5[2H])nc(-c5c([2H])c([2H])c([2H])c(-n6c7c([2H])c([2H])c([2H])c([2H])c7c7c([2H])c(-n8c9c([2H])c([2H])c([2H])c([2H])c9c9c([2H])c([2H])c([2H])c([2H])c98)c([2H])c([2H])c76)c5[2H])n4)c([2H])c([2H])c32)c([2H])c1[2H]. The van der Waals surface area contributed by atoms with Crippen LogP contribution in [0.15, 0.2) is 211 Å². The fourth-order valence-electron chi connectivity index (χ4n) is 7.45. The van der Waals surface area contributed by atoms with E-state index in [9.17, 15) is 17.8 Å². The first-order valence-corrected chi connectivity index (χ1v) is 18.9. The first-order chi connectivity index (χ1) is 46.2. The third-order valence-electron chi connectivity index (χ3n) is 10.2. The second-order valence-electron chi connectivity index (χ2n) is 13.8. The minimum Gasteiger partial charge on any atom is -0.309 e. The molecule has 0 N–H and O–H groups in total. The van der Waals surface area contributed by atoms with Crippen molar-refractivity contribution in [3.63, 3.8) is 0 Å². The number of aromatic nitrogens is 6. The molecule has 0 amide bonds. The zero-order valence-corrected chi connectivity index (χ0v) is 32.2. The summed E-state index contributed by atoms with van der Waals surface area (Å²) in [5.74, 6) is -2.91. The molecule has 0 aliphatic carbocycles. The maximum atomic E-state index is 10.2. The van der Waals surface area contributed by atoms with Gasteiger partial charge in [-0.15, -0.1) is 0 Å². The van der Waals surface area contributed by atoms with E-state index >= 15 is 0 Å². The molecule has 9 aromatic carbocycles. The summed E-state index contributed by atoms with van der Waals surface area (Å²) in [5.41, 5.74) is -9.61. The summed E-state index contributed by atoms with van der Waals surface area (Å²) in [6.45, 7) is 1.25. The summed E-state index contributed by atoms with van der Waals surface area (Å²) in [5, 5.41) is -3.70. The van der Waals surface area contributed by atoms with Crippen molar-refractivity contribution in [2.45, 2.75) is 6.92 Å². The Hall–Kier alpha value is -8.61. The van der Waals surface area contributed by atoms with Gasteiger partial charge in [0.2, 0.25) is 0 Å². The number of fused-ring (bicyclic) bond motifs is 9. The number of rotatable bonds is 6. The van der Waals surface area contributed by atoms with Gasteiger partial charge in [0.25, 0.3) is 0 Å². The summed E-state index contributed by atoms with van der Waals surface area (Å²) < 4.78 is 322. The Morgan fingerprint density at radius 1 is 0.297 bits per heavy atom. The van der Waals surface area contributed by atoms with Crippen LogP contribution in [0.3, 0.4) is 0 Å². The minimum atomic E-state index is -1.18. The normalized spacial score (nSPS) is 19.5. The first kappa shape index (κ1) is 15.6. The second-order valence-corrected chi connectivity index (χ2v) is 13.8. The monoisotopic (exact) mass is 854 g/mol. The van der Waals surface area contributed by atoms with E-state index in [1.165, 1.54) is 6.92 Å². The van der Waals surface area contributed by atoms with Crippen molar-refractivity contribution in [3.8, 4) is 51.2 Å². The molecule has 0 spiro atoms. The highest BCUT2D eigenvalue weighted by atomic mass is 15.0. The Bertz CT molecular complexity index is 5940. The number of hydrogen-bond acceptors (Lipinski definition) is 3. The molecule has 6 nitrogen and oxygen atoms in total. The van der Waals surface area contributed by atoms with Gasteiger partial charge in [-0.2, -0.15) is 0 Å². The van der Waals surface area contributed by atoms with Crippen LogP contribution in [0.5, 0.6) is 0 Å². The topological polar surface area (TPSA) is 53.5 Å². The Morgan fingerprint density at radius 3 is 1.27 bits per heavy atom. The lowest BCUT2D eigenvalue weighted by molar-refractivity contribution is 1.07. The lowest BCUT2D eigenvalue weighted by Gasteiger charge is -2.12. The molecule has 0 saturated heterocycles. The molecule has 300 valence electrons. The van der Waals surface area contributed by atoms with Gasteiger partial charge in [0.1, 0.15) is 0 Å². The molecule has 4 aromatic heterocycles. The van der Waals surface area contributed by atoms with Gasteiger partial charge in [0.05, 0.1) is 81.1 Å². The summed E-state index contributed by atoms with van der Waals surface area (Å²) in [7, 11) is 0. The van der Waals surface area contributed by atoms with E-state index in [-0.39, 0.29) is 5.56 Å². The van der Waals surface area contributed by atoms with E-state index in [2.05, 4.69) is 15.0 Å². The third-order valence-corrected chi connectivity index (χ3v) is 10.2. The molecule has 0 unspecified atom stereocenters. The summed E-state index contributed by atoms with van der Waals surface area (Å²) in [6, 6.07) is -33.3. The fourth-order valence-corrected chi connectivity index (χ4v) is 7.45. The maximum Gasteiger partial charge on any atom is 0.164 e. The lowest BCUT2D eigenvalue weighted by Crippen LogP contribution is -2.01. The first-order valence-electron chi connectivity index (χ1n) is 36.4. The van der Waals surface area contributed by atoms with Crippen molar-refractivity contribution < 1.29 is 48.0 Å². The van der Waals surface area contributed by atoms with Gasteiger partial charge in [-0.05, 0) is 91.5 Å². The highest BCUT2D eigenvalue weighted by Gasteiger charge is 2.19. The smallest absolute Gasteiger partial charge is 0.164 e. The van der Waals surface area contributed by atoms with Crippen LogP contribution in [0.1, 0.15) is 53.5 Å². The van der Waals surface area contributed by atoms with Gasteiger partial charge in [-0.25, -0.2) is 15.0 Å². The maximum absolute atomic E-state index is 10.2. The molecule has 0 atom stereocenters. The van der Waals surface area contributed by atoms with E-state index in [0.717, 1.165) is 4.57 Å². The van der Waals surface area contributed by atoms with Crippen molar-refractivity contribution >= 4 is 65.4 Å². The fraction of sp³-hybridized carbons (Fsp3) is 0.0172. The molecule has 6 heteroatoms. The van der Waals surface area contributed by atoms with E-state index in [1.807, 2.05) is 0 Å². The number of hydrogen-bond donors (Lipinski definition) is 0. The van der Waals surface area contributed by atoms with E-state index in [4.69, 9.17) is 30.2 Å². The molecule has 4 heterocycles. The van der Waals surface area contributed by atoms with Crippen LogP contribution in [-0.4, -0.2) is 28.7 Å². The summed E-state index contributed by atoms with van der Waals surface area (Å²) in [4.78, 5) is 13.3. The molecular formula is C58H38N6. The number of benzene rings is 9. The van der Waals surface area contributed by atoms with Gasteiger partial charge in [-0.3, -0.25) is 0 Å². The average molecular weight is 854 g/mol. The molecule has 13 rings (SSSR count). The largest absolute Gasteiger partial charge is 0.309 e. The molecule has 0 radical (unpaired) electrons. The van der Waals surface area contributed by atoms with Crippen molar-refractivity contribution in [1.29, 1.82) is 0 Å². The molecule has 0 fully saturated rings. The van der Waals surface area contributed by atoms with Crippen LogP contribution in [0, 0.1) is 6.92 Å². The van der Waals surface area contributed by atoms with Gasteiger partial charge in [0.15, 0.2) is 17.5 Å². The van der Waals surface area contributed by atoms with E-state index < -0.39 is 328 Å². The third kappa shape index (κ3) is 5.63. The van der Waals surface area contributed by atoms with Gasteiger partial charge in [-0.1, -0.05) is 132 Å². The standard InChI is InChI=1S/C58H38N6/c1-37-26-28-38(29-27-37)56-59-57(61-58(60-56)40-30-32-54-48(35-40)46-20-7-11-24-52(46)62(54)41-15-3-2-4-16-41)39-14-13-17-42(34-39)63-53-25-12-8-21-47(53)49-36-43(31-33-55(49)63)64-50-22-9-5-18-44(50)45-19-6-10-23-51(45)64/h2-36H,1H3/i2D,3D,4D,5D,6D,7D,8D,9D,10D,11D,12D,13D,14D,15D,16D,17D,18D,19D,20D,21D,22D,23D,24D,25D,26D,27D,28D,29D,30D,31D,32D,33D,34D,35D,36D. The van der Waals surface area contributed by atoms with Crippen LogP contribution >= 0.6 is 0 Å². The summed E-state index contributed by atoms with van der Waals surface area (Å²) >= 11 is 0. The zero-order valence-electron chi connectivity index (χ0n) is 67.2. The Balaban J connectivity index is 1.19.